The van der Waals surface area contributed by atoms with Crippen LogP contribution in [0.4, 0.5) is 0 Å². The lowest BCUT2D eigenvalue weighted by atomic mass is 9.87. The van der Waals surface area contributed by atoms with Gasteiger partial charge in [0.15, 0.2) is 5.69 Å². The smallest absolute Gasteiger partial charge is 0.198 e. The predicted octanol–water partition coefficient (Wildman–Crippen LogP) is 6.78. The highest BCUT2D eigenvalue weighted by molar-refractivity contribution is 5.95. The second kappa shape index (κ2) is 7.46. The second-order valence-corrected chi connectivity index (χ2v) is 8.14. The predicted molar refractivity (Wildman–Crippen MR) is 118 cm³/mol. The third-order valence-corrected chi connectivity index (χ3v) is 6.31. The van der Waals surface area contributed by atoms with Crippen LogP contribution in [0.15, 0.2) is 30.3 Å². The van der Waals surface area contributed by atoms with Gasteiger partial charge in [0.2, 0.25) is 5.69 Å². The van der Waals surface area contributed by atoms with E-state index in [4.69, 9.17) is 1.37 Å². The Bertz CT molecular complexity index is 1060. The first-order chi connectivity index (χ1) is 13.2. The van der Waals surface area contributed by atoms with Gasteiger partial charge in [-0.2, -0.15) is 4.57 Å². The van der Waals surface area contributed by atoms with Crippen molar-refractivity contribution in [2.75, 3.05) is 0 Å². The third-order valence-electron chi connectivity index (χ3n) is 6.31. The van der Waals surface area contributed by atoms with E-state index in [1.807, 2.05) is 0 Å². The standard InChI is InChI=1S/C26H34N/c1-9-21(10-2)23-15-22-14-19(6)27(8)26(25(22)13-18(23)5)24-12-16(3)11-17(4)20(24)7/h11-15,21H,9-10H2,1-8H3/q+1/i14D. The second-order valence-electron chi connectivity index (χ2n) is 8.14. The maximum Gasteiger partial charge on any atom is 0.220 e. The minimum absolute atomic E-state index is 0.560. The first-order valence-electron chi connectivity index (χ1n) is 10.7. The Morgan fingerprint density at radius 1 is 0.926 bits per heavy atom. The van der Waals surface area contributed by atoms with Gasteiger partial charge in [-0.25, -0.2) is 0 Å². The number of hydrogen-bond donors (Lipinski definition) is 0. The van der Waals surface area contributed by atoms with Gasteiger partial charge in [0.1, 0.15) is 7.05 Å². The monoisotopic (exact) mass is 361 g/mol. The largest absolute Gasteiger partial charge is 0.220 e. The molecule has 1 aromatic heterocycles. The van der Waals surface area contributed by atoms with Crippen molar-refractivity contribution in [1.29, 1.82) is 0 Å². The minimum Gasteiger partial charge on any atom is -0.198 e. The highest BCUT2D eigenvalue weighted by Crippen LogP contribution is 2.35. The molecule has 0 aliphatic carbocycles. The van der Waals surface area contributed by atoms with Crippen molar-refractivity contribution < 1.29 is 5.94 Å². The molecule has 0 radical (unpaired) electrons. The fourth-order valence-corrected chi connectivity index (χ4v) is 4.43. The molecule has 3 rings (SSSR count). The van der Waals surface area contributed by atoms with Crippen molar-refractivity contribution in [2.24, 2.45) is 7.05 Å². The Balaban J connectivity index is 2.47. The summed E-state index contributed by atoms with van der Waals surface area (Å²) in [5, 5.41) is 2.27. The molecule has 0 aliphatic heterocycles. The molecule has 0 amide bonds. The molecule has 1 nitrogen and oxygen atoms in total. The van der Waals surface area contributed by atoms with Crippen LogP contribution in [0.2, 0.25) is 0 Å². The van der Waals surface area contributed by atoms with Crippen LogP contribution < -0.4 is 4.57 Å². The minimum atomic E-state index is 0.560. The zero-order chi connectivity index (χ0) is 20.7. The quantitative estimate of drug-likeness (QED) is 0.451. The van der Waals surface area contributed by atoms with E-state index < -0.39 is 0 Å². The van der Waals surface area contributed by atoms with Gasteiger partial charge in [0, 0.05) is 13.0 Å². The van der Waals surface area contributed by atoms with E-state index in [0.717, 1.165) is 23.9 Å². The first-order valence-corrected chi connectivity index (χ1v) is 10.2. The van der Waals surface area contributed by atoms with Crippen LogP contribution in [0.5, 0.6) is 0 Å². The SMILES string of the molecule is [2H]c1c(C)[n+](C)c(-c2cc(C)cc(C)c2C)c2cc(C)c(C(CC)CC)cc12. The Morgan fingerprint density at radius 3 is 2.22 bits per heavy atom. The van der Waals surface area contributed by atoms with Crippen LogP contribution in [-0.2, 0) is 7.05 Å². The Hall–Kier alpha value is -2.15. The Morgan fingerprint density at radius 2 is 1.59 bits per heavy atom. The van der Waals surface area contributed by atoms with Crippen molar-refractivity contribution in [3.63, 3.8) is 0 Å². The van der Waals surface area contributed by atoms with E-state index in [9.17, 15) is 0 Å². The lowest BCUT2D eigenvalue weighted by Gasteiger charge is -2.18. The van der Waals surface area contributed by atoms with Crippen LogP contribution in [0.25, 0.3) is 22.0 Å². The number of pyridine rings is 1. The normalized spacial score (nSPS) is 12.1. The first kappa shape index (κ1) is 18.2. The van der Waals surface area contributed by atoms with Crippen molar-refractivity contribution in [2.45, 2.75) is 67.2 Å². The molecule has 0 bridgehead atoms. The molecule has 142 valence electrons. The van der Waals surface area contributed by atoms with Gasteiger partial charge in [-0.3, -0.25) is 0 Å². The van der Waals surface area contributed by atoms with Crippen LogP contribution in [0.1, 0.15) is 67.5 Å². The highest BCUT2D eigenvalue weighted by Gasteiger charge is 2.22. The summed E-state index contributed by atoms with van der Waals surface area (Å²) in [5.74, 6) is 0.560. The maximum absolute atomic E-state index is 8.83. The van der Waals surface area contributed by atoms with Crippen molar-refractivity contribution in [3.05, 3.63) is 63.8 Å². The number of rotatable bonds is 4. The molecule has 3 aromatic rings. The fraction of sp³-hybridized carbons (Fsp3) is 0.423. The topological polar surface area (TPSA) is 3.88 Å². The van der Waals surface area contributed by atoms with Gasteiger partial charge >= 0.3 is 0 Å². The van der Waals surface area contributed by atoms with Gasteiger partial charge in [-0.1, -0.05) is 31.5 Å². The van der Waals surface area contributed by atoms with E-state index in [2.05, 4.69) is 84.3 Å². The molecule has 0 fully saturated rings. The van der Waals surface area contributed by atoms with Crippen molar-refractivity contribution in [1.82, 2.24) is 0 Å². The molecule has 0 saturated carbocycles. The fourth-order valence-electron chi connectivity index (χ4n) is 4.43. The molecular formula is C26H34N+. The summed E-state index contributed by atoms with van der Waals surface area (Å²) >= 11 is 0. The number of nitrogens with zero attached hydrogens (tertiary/aromatic N) is 1. The van der Waals surface area contributed by atoms with E-state index in [-0.39, 0.29) is 0 Å². The Kier molecular flexibility index (Phi) is 5.04. The van der Waals surface area contributed by atoms with Crippen molar-refractivity contribution in [3.8, 4) is 11.3 Å². The zero-order valence-electron chi connectivity index (χ0n) is 19.2. The van der Waals surface area contributed by atoms with E-state index in [1.54, 1.807) is 0 Å². The molecule has 0 N–H and O–H groups in total. The van der Waals surface area contributed by atoms with E-state index in [0.29, 0.717) is 12.0 Å². The summed E-state index contributed by atoms with van der Waals surface area (Å²) in [6.45, 7) is 15.4. The third kappa shape index (κ3) is 3.40. The molecule has 27 heavy (non-hydrogen) atoms. The van der Waals surface area contributed by atoms with Crippen LogP contribution in [0, 0.1) is 34.6 Å². The zero-order valence-corrected chi connectivity index (χ0v) is 18.2. The van der Waals surface area contributed by atoms with Crippen LogP contribution in [-0.4, -0.2) is 0 Å². The molecule has 2 aromatic carbocycles. The summed E-state index contributed by atoms with van der Waals surface area (Å²) in [5.41, 5.74) is 10.2. The summed E-state index contributed by atoms with van der Waals surface area (Å²) in [4.78, 5) is 0. The van der Waals surface area contributed by atoms with Gasteiger partial charge in [0.25, 0.3) is 0 Å². The van der Waals surface area contributed by atoms with Gasteiger partial charge in [0.05, 0.1) is 12.3 Å². The molecule has 1 heterocycles. The molecule has 0 spiro atoms. The van der Waals surface area contributed by atoms with Crippen LogP contribution in [0.3, 0.4) is 0 Å². The number of hydrogen-bond acceptors (Lipinski definition) is 0. The molecule has 0 aliphatic rings. The van der Waals surface area contributed by atoms with Gasteiger partial charge < -0.3 is 0 Å². The Labute approximate surface area is 166 Å². The molecular weight excluding hydrogens is 326 g/mol. The van der Waals surface area contributed by atoms with Gasteiger partial charge in [-0.05, 0) is 86.2 Å². The van der Waals surface area contributed by atoms with Gasteiger partial charge in [-0.15, -0.1) is 0 Å². The molecule has 0 unspecified atom stereocenters. The summed E-state index contributed by atoms with van der Waals surface area (Å²) in [6, 6.07) is 9.83. The average molecular weight is 362 g/mol. The number of benzene rings is 2. The lowest BCUT2D eigenvalue weighted by molar-refractivity contribution is -0.665. The lowest BCUT2D eigenvalue weighted by Crippen LogP contribution is -2.35. The van der Waals surface area contributed by atoms with E-state index >= 15 is 0 Å². The van der Waals surface area contributed by atoms with Crippen LogP contribution >= 0.6 is 0 Å². The number of aryl methyl sites for hydroxylation is 3. The molecule has 0 saturated heterocycles. The average Bonchev–Trinajstić information content (AvgIpc) is 2.65. The summed E-state index contributed by atoms with van der Waals surface area (Å²) < 4.78 is 11.0. The summed E-state index contributed by atoms with van der Waals surface area (Å²) in [7, 11) is 2.10. The number of fused-ring (bicyclic) bond motifs is 1. The molecule has 0 atom stereocenters. The van der Waals surface area contributed by atoms with Crippen molar-refractivity contribution >= 4 is 10.8 Å². The van der Waals surface area contributed by atoms with E-state index in [1.165, 1.54) is 44.5 Å². The maximum atomic E-state index is 8.83. The summed E-state index contributed by atoms with van der Waals surface area (Å²) in [6.07, 6.45) is 2.28. The highest BCUT2D eigenvalue weighted by atomic mass is 14.9. The number of aromatic nitrogens is 1. The molecule has 1 heteroatoms.